The molecule has 2 N–H and O–H groups in total. The number of likely N-dealkylation sites (N-methyl/N-ethyl adjacent to an activating group) is 1. The molecular weight excluding hydrogens is 470 g/mol. The number of benzene rings is 1. The van der Waals surface area contributed by atoms with Crippen LogP contribution >= 0.6 is 24.0 Å². The number of hydrogen-bond donors (Lipinski definition) is 2. The van der Waals surface area contributed by atoms with E-state index in [0.29, 0.717) is 19.0 Å². The molecule has 1 saturated heterocycles. The summed E-state index contributed by atoms with van der Waals surface area (Å²) in [6.07, 6.45) is 1.86. The molecule has 0 aliphatic carbocycles. The molecule has 6 nitrogen and oxygen atoms in total. The highest BCUT2D eigenvalue weighted by molar-refractivity contribution is 14.0. The molecule has 2 aromatic rings. The fraction of sp³-hybridized carbons (Fsp3) is 0.400. The van der Waals surface area contributed by atoms with Gasteiger partial charge >= 0.3 is 0 Å². The molecule has 3 rings (SSSR count). The maximum absolute atomic E-state index is 13.0. The predicted octanol–water partition coefficient (Wildman–Crippen LogP) is 2.46. The van der Waals surface area contributed by atoms with Crippen LogP contribution in [0.1, 0.15) is 11.1 Å². The normalized spacial score (nSPS) is 15.1. The Morgan fingerprint density at radius 1 is 1.04 bits per heavy atom. The first kappa shape index (κ1) is 22.4. The van der Waals surface area contributed by atoms with Crippen molar-refractivity contribution in [3.8, 4) is 0 Å². The third-order valence-electron chi connectivity index (χ3n) is 4.69. The van der Waals surface area contributed by atoms with Crippen LogP contribution in [0.4, 0.5) is 10.2 Å². The molecule has 8 heteroatoms. The molecule has 28 heavy (non-hydrogen) atoms. The quantitative estimate of drug-likeness (QED) is 0.377. The third kappa shape index (κ3) is 6.59. The van der Waals surface area contributed by atoms with Gasteiger partial charge in [0.05, 0.1) is 0 Å². The molecule has 1 fully saturated rings. The number of pyridine rings is 1. The van der Waals surface area contributed by atoms with Crippen molar-refractivity contribution in [2.75, 3.05) is 45.2 Å². The van der Waals surface area contributed by atoms with E-state index < -0.39 is 0 Å². The van der Waals surface area contributed by atoms with Crippen LogP contribution in [0.15, 0.2) is 47.6 Å². The van der Waals surface area contributed by atoms with Gasteiger partial charge in [0.2, 0.25) is 0 Å². The molecule has 1 aromatic heterocycles. The van der Waals surface area contributed by atoms with Crippen molar-refractivity contribution in [2.24, 2.45) is 4.99 Å². The van der Waals surface area contributed by atoms with Crippen molar-refractivity contribution >= 4 is 35.8 Å². The smallest absolute Gasteiger partial charge is 0.191 e. The highest BCUT2D eigenvalue weighted by Crippen LogP contribution is 2.14. The number of piperazine rings is 1. The van der Waals surface area contributed by atoms with Gasteiger partial charge in [-0.1, -0.05) is 12.1 Å². The van der Waals surface area contributed by atoms with E-state index in [1.165, 1.54) is 12.1 Å². The summed E-state index contributed by atoms with van der Waals surface area (Å²) in [7, 11) is 3.89. The Bertz CT molecular complexity index is 760. The largest absolute Gasteiger partial charge is 0.354 e. The van der Waals surface area contributed by atoms with E-state index >= 15 is 0 Å². The van der Waals surface area contributed by atoms with Gasteiger partial charge < -0.3 is 20.4 Å². The molecule has 1 aliphatic heterocycles. The van der Waals surface area contributed by atoms with Gasteiger partial charge in [0, 0.05) is 52.5 Å². The number of nitrogens with one attached hydrogen (secondary N) is 2. The van der Waals surface area contributed by atoms with E-state index in [0.717, 1.165) is 43.1 Å². The summed E-state index contributed by atoms with van der Waals surface area (Å²) in [5.74, 6) is 1.50. The summed E-state index contributed by atoms with van der Waals surface area (Å²) in [5.41, 5.74) is 2.16. The van der Waals surface area contributed by atoms with E-state index in [1.807, 2.05) is 12.3 Å². The Balaban J connectivity index is 0.00000280. The van der Waals surface area contributed by atoms with Crippen LogP contribution in [-0.2, 0) is 13.1 Å². The van der Waals surface area contributed by atoms with Gasteiger partial charge in [-0.2, -0.15) is 0 Å². The van der Waals surface area contributed by atoms with Crippen LogP contribution in [0.2, 0.25) is 0 Å². The van der Waals surface area contributed by atoms with E-state index in [-0.39, 0.29) is 29.8 Å². The van der Waals surface area contributed by atoms with E-state index in [9.17, 15) is 4.39 Å². The fourth-order valence-corrected chi connectivity index (χ4v) is 2.97. The number of aromatic nitrogens is 1. The second kappa shape index (κ2) is 11.2. The zero-order valence-electron chi connectivity index (χ0n) is 16.4. The predicted molar refractivity (Wildman–Crippen MR) is 123 cm³/mol. The lowest BCUT2D eigenvalue weighted by Gasteiger charge is -2.33. The minimum absolute atomic E-state index is 0. The number of hydrogen-bond acceptors (Lipinski definition) is 4. The second-order valence-corrected chi connectivity index (χ2v) is 6.72. The van der Waals surface area contributed by atoms with Gasteiger partial charge in [-0.15, -0.1) is 24.0 Å². The van der Waals surface area contributed by atoms with Crippen LogP contribution in [0.25, 0.3) is 0 Å². The molecule has 152 valence electrons. The minimum atomic E-state index is -0.227. The van der Waals surface area contributed by atoms with Crippen molar-refractivity contribution in [2.45, 2.75) is 13.1 Å². The van der Waals surface area contributed by atoms with E-state index in [1.54, 1.807) is 19.2 Å². The van der Waals surface area contributed by atoms with Crippen molar-refractivity contribution < 1.29 is 4.39 Å². The van der Waals surface area contributed by atoms with Crippen molar-refractivity contribution in [1.29, 1.82) is 0 Å². The summed E-state index contributed by atoms with van der Waals surface area (Å²) < 4.78 is 13.0. The monoisotopic (exact) mass is 498 g/mol. The highest BCUT2D eigenvalue weighted by Gasteiger charge is 2.15. The number of aliphatic imine (C=N–C) groups is 1. The molecule has 2 heterocycles. The van der Waals surface area contributed by atoms with Crippen LogP contribution in [0.3, 0.4) is 0 Å². The Hall–Kier alpha value is -1.94. The molecule has 1 aromatic carbocycles. The third-order valence-corrected chi connectivity index (χ3v) is 4.69. The van der Waals surface area contributed by atoms with Crippen LogP contribution in [0.5, 0.6) is 0 Å². The Morgan fingerprint density at radius 2 is 1.68 bits per heavy atom. The van der Waals surface area contributed by atoms with Gasteiger partial charge in [0.1, 0.15) is 11.6 Å². The first-order valence-electron chi connectivity index (χ1n) is 9.21. The van der Waals surface area contributed by atoms with Gasteiger partial charge in [-0.05, 0) is 42.4 Å². The lowest BCUT2D eigenvalue weighted by molar-refractivity contribution is 0.312. The van der Waals surface area contributed by atoms with Gasteiger partial charge in [-0.25, -0.2) is 9.37 Å². The number of guanidine groups is 1. The zero-order valence-corrected chi connectivity index (χ0v) is 18.7. The van der Waals surface area contributed by atoms with Crippen molar-refractivity contribution in [1.82, 2.24) is 20.5 Å². The summed E-state index contributed by atoms with van der Waals surface area (Å²) in [6, 6.07) is 10.6. The fourth-order valence-electron chi connectivity index (χ4n) is 2.97. The Morgan fingerprint density at radius 3 is 2.32 bits per heavy atom. The SMILES string of the molecule is CN=C(NCc1ccc(F)cc1)NCc1ccnc(N2CCN(C)CC2)c1.I. The average molecular weight is 498 g/mol. The Labute approximate surface area is 183 Å². The zero-order chi connectivity index (χ0) is 19.1. The first-order chi connectivity index (χ1) is 13.1. The molecule has 0 amide bonds. The number of nitrogens with zero attached hydrogens (tertiary/aromatic N) is 4. The molecule has 0 bridgehead atoms. The molecule has 0 unspecified atom stereocenters. The Kier molecular flexibility index (Phi) is 8.91. The molecule has 0 atom stereocenters. The summed E-state index contributed by atoms with van der Waals surface area (Å²) in [4.78, 5) is 13.4. The summed E-state index contributed by atoms with van der Waals surface area (Å²) in [6.45, 7) is 5.37. The van der Waals surface area contributed by atoms with Crippen molar-refractivity contribution in [3.63, 3.8) is 0 Å². The van der Waals surface area contributed by atoms with Crippen LogP contribution in [0, 0.1) is 5.82 Å². The standard InChI is InChI=1S/C20H27FN6.HI/c1-22-20(24-14-16-3-5-18(21)6-4-16)25-15-17-7-8-23-19(13-17)27-11-9-26(2)10-12-27;/h3-8,13H,9-12,14-15H2,1-2H3,(H2,22,24,25);1H. The van der Waals surface area contributed by atoms with Crippen molar-refractivity contribution in [3.05, 3.63) is 59.5 Å². The topological polar surface area (TPSA) is 55.8 Å². The van der Waals surface area contributed by atoms with Gasteiger partial charge in [0.25, 0.3) is 0 Å². The second-order valence-electron chi connectivity index (χ2n) is 6.72. The maximum Gasteiger partial charge on any atom is 0.191 e. The molecular formula is C20H28FIN6. The number of halogens is 2. The van der Waals surface area contributed by atoms with E-state index in [4.69, 9.17) is 0 Å². The van der Waals surface area contributed by atoms with Crippen LogP contribution in [-0.4, -0.2) is 56.1 Å². The highest BCUT2D eigenvalue weighted by atomic mass is 127. The maximum atomic E-state index is 13.0. The molecule has 0 spiro atoms. The van der Waals surface area contributed by atoms with Crippen LogP contribution < -0.4 is 15.5 Å². The molecule has 1 aliphatic rings. The number of rotatable bonds is 5. The summed E-state index contributed by atoms with van der Waals surface area (Å²) >= 11 is 0. The summed E-state index contributed by atoms with van der Waals surface area (Å²) in [5, 5.41) is 6.56. The number of anilines is 1. The van der Waals surface area contributed by atoms with E-state index in [2.05, 4.69) is 43.5 Å². The molecule has 0 saturated carbocycles. The van der Waals surface area contributed by atoms with Gasteiger partial charge in [-0.3, -0.25) is 4.99 Å². The minimum Gasteiger partial charge on any atom is -0.354 e. The first-order valence-corrected chi connectivity index (χ1v) is 9.21. The molecule has 0 radical (unpaired) electrons. The van der Waals surface area contributed by atoms with Gasteiger partial charge in [0.15, 0.2) is 5.96 Å². The lowest BCUT2D eigenvalue weighted by Crippen LogP contribution is -2.44. The average Bonchev–Trinajstić information content (AvgIpc) is 2.70. The lowest BCUT2D eigenvalue weighted by atomic mass is 10.2.